The van der Waals surface area contributed by atoms with Crippen LogP contribution in [-0.2, 0) is 22.2 Å². The van der Waals surface area contributed by atoms with Crippen molar-refractivity contribution in [3.8, 4) is 5.75 Å². The molecular formula is C19H24BrNO3S. The molecule has 0 saturated heterocycles. The summed E-state index contributed by atoms with van der Waals surface area (Å²) in [6.45, 7) is 4.42. The molecule has 0 amide bonds. The van der Waals surface area contributed by atoms with Gasteiger partial charge < -0.3 is 4.74 Å². The molecule has 0 aromatic heterocycles. The number of sulfonamides is 1. The zero-order valence-electron chi connectivity index (χ0n) is 14.5. The van der Waals surface area contributed by atoms with E-state index in [0.29, 0.717) is 6.54 Å². The number of ether oxygens (including phenoxy) is 1. The van der Waals surface area contributed by atoms with Gasteiger partial charge in [0.15, 0.2) is 0 Å². The maximum Gasteiger partial charge on any atom is 0.215 e. The Morgan fingerprint density at radius 2 is 1.60 bits per heavy atom. The summed E-state index contributed by atoms with van der Waals surface area (Å²) in [7, 11) is -3.31. The maximum absolute atomic E-state index is 12.1. The number of benzene rings is 2. The zero-order valence-corrected chi connectivity index (χ0v) is 16.9. The standard InChI is InChI=1S/C19H24BrNO3S/c1-15(2)24-19-11-7-16(8-12-19)4-3-13-21-25(22,23)14-17-5-9-18(20)10-6-17/h5-12,15,21H,3-4,13-14H2,1-2H3. The van der Waals surface area contributed by atoms with Crippen LogP contribution in [0.5, 0.6) is 5.75 Å². The van der Waals surface area contributed by atoms with Crippen LogP contribution in [0.1, 0.15) is 31.4 Å². The minimum absolute atomic E-state index is 0.00151. The number of halogens is 1. The Kier molecular flexibility index (Phi) is 7.47. The van der Waals surface area contributed by atoms with Gasteiger partial charge in [-0.1, -0.05) is 40.2 Å². The maximum atomic E-state index is 12.1. The van der Waals surface area contributed by atoms with Crippen LogP contribution in [0.15, 0.2) is 53.0 Å². The molecule has 0 aliphatic heterocycles. The Labute approximate surface area is 158 Å². The van der Waals surface area contributed by atoms with Crippen molar-refractivity contribution in [3.63, 3.8) is 0 Å². The van der Waals surface area contributed by atoms with Gasteiger partial charge in [-0.2, -0.15) is 0 Å². The third kappa shape index (κ3) is 7.59. The van der Waals surface area contributed by atoms with Gasteiger partial charge in [-0.25, -0.2) is 13.1 Å². The van der Waals surface area contributed by atoms with Gasteiger partial charge >= 0.3 is 0 Å². The molecule has 0 heterocycles. The average molecular weight is 426 g/mol. The first-order valence-electron chi connectivity index (χ1n) is 8.31. The van der Waals surface area contributed by atoms with Crippen LogP contribution >= 0.6 is 15.9 Å². The number of rotatable bonds is 9. The Balaban J connectivity index is 1.75. The Morgan fingerprint density at radius 1 is 1.00 bits per heavy atom. The summed E-state index contributed by atoms with van der Waals surface area (Å²) in [6, 6.07) is 15.3. The van der Waals surface area contributed by atoms with Gasteiger partial charge in [0.2, 0.25) is 10.0 Å². The molecule has 0 aliphatic rings. The van der Waals surface area contributed by atoms with Crippen LogP contribution in [0.3, 0.4) is 0 Å². The van der Waals surface area contributed by atoms with Crippen LogP contribution in [0, 0.1) is 0 Å². The van der Waals surface area contributed by atoms with Gasteiger partial charge in [-0.05, 0) is 62.1 Å². The van der Waals surface area contributed by atoms with Crippen LogP contribution < -0.4 is 9.46 Å². The zero-order chi connectivity index (χ0) is 18.3. The summed E-state index contributed by atoms with van der Waals surface area (Å²) in [5.41, 5.74) is 1.94. The lowest BCUT2D eigenvalue weighted by Gasteiger charge is -2.10. The van der Waals surface area contributed by atoms with Gasteiger partial charge in [0.05, 0.1) is 11.9 Å². The van der Waals surface area contributed by atoms with E-state index in [-0.39, 0.29) is 11.9 Å². The van der Waals surface area contributed by atoms with E-state index in [4.69, 9.17) is 4.74 Å². The summed E-state index contributed by atoms with van der Waals surface area (Å²) in [6.07, 6.45) is 1.73. The lowest BCUT2D eigenvalue weighted by molar-refractivity contribution is 0.242. The SMILES string of the molecule is CC(C)Oc1ccc(CCCNS(=O)(=O)Cc2ccc(Br)cc2)cc1. The quantitative estimate of drug-likeness (QED) is 0.609. The number of nitrogens with one attached hydrogen (secondary N) is 1. The molecule has 2 aromatic carbocycles. The summed E-state index contributed by atoms with van der Waals surface area (Å²) in [4.78, 5) is 0. The fourth-order valence-corrected chi connectivity index (χ4v) is 3.83. The highest BCUT2D eigenvalue weighted by Gasteiger charge is 2.10. The molecule has 6 heteroatoms. The first-order chi connectivity index (χ1) is 11.8. The third-order valence-corrected chi connectivity index (χ3v) is 5.42. The van der Waals surface area contributed by atoms with Crippen LogP contribution in [0.25, 0.3) is 0 Å². The van der Waals surface area contributed by atoms with Gasteiger partial charge in [0, 0.05) is 11.0 Å². The topological polar surface area (TPSA) is 55.4 Å². The second kappa shape index (κ2) is 9.36. The molecule has 1 N–H and O–H groups in total. The van der Waals surface area contributed by atoms with Crippen molar-refractivity contribution in [2.45, 2.75) is 38.5 Å². The smallest absolute Gasteiger partial charge is 0.215 e. The Hall–Kier alpha value is -1.37. The van der Waals surface area contributed by atoms with Crippen molar-refractivity contribution in [2.75, 3.05) is 6.54 Å². The van der Waals surface area contributed by atoms with Gasteiger partial charge in [-0.15, -0.1) is 0 Å². The molecule has 0 fully saturated rings. The minimum Gasteiger partial charge on any atom is -0.491 e. The van der Waals surface area contributed by atoms with Crippen molar-refractivity contribution in [2.24, 2.45) is 0 Å². The number of hydrogen-bond acceptors (Lipinski definition) is 3. The molecule has 0 unspecified atom stereocenters. The molecule has 0 bridgehead atoms. The summed E-state index contributed by atoms with van der Waals surface area (Å²) in [5, 5.41) is 0. The summed E-state index contributed by atoms with van der Waals surface area (Å²) in [5.74, 6) is 0.857. The second-order valence-electron chi connectivity index (χ2n) is 6.19. The normalized spacial score (nSPS) is 11.7. The van der Waals surface area contributed by atoms with E-state index < -0.39 is 10.0 Å². The first-order valence-corrected chi connectivity index (χ1v) is 10.8. The van der Waals surface area contributed by atoms with E-state index in [1.807, 2.05) is 62.4 Å². The van der Waals surface area contributed by atoms with Gasteiger partial charge in [-0.3, -0.25) is 0 Å². The van der Waals surface area contributed by atoms with Gasteiger partial charge in [0.25, 0.3) is 0 Å². The molecule has 0 atom stereocenters. The van der Waals surface area contributed by atoms with E-state index in [1.54, 1.807) is 0 Å². The molecule has 25 heavy (non-hydrogen) atoms. The largest absolute Gasteiger partial charge is 0.491 e. The van der Waals surface area contributed by atoms with E-state index >= 15 is 0 Å². The van der Waals surface area contributed by atoms with Gasteiger partial charge in [0.1, 0.15) is 5.75 Å². The summed E-state index contributed by atoms with van der Waals surface area (Å²) < 4.78 is 33.4. The lowest BCUT2D eigenvalue weighted by Crippen LogP contribution is -2.26. The van der Waals surface area contributed by atoms with Crippen molar-refractivity contribution >= 4 is 26.0 Å². The fraction of sp³-hybridized carbons (Fsp3) is 0.368. The third-order valence-electron chi connectivity index (χ3n) is 3.53. The highest BCUT2D eigenvalue weighted by Crippen LogP contribution is 2.15. The van der Waals surface area contributed by atoms with Crippen LogP contribution in [0.4, 0.5) is 0 Å². The average Bonchev–Trinajstić information content (AvgIpc) is 2.55. The summed E-state index contributed by atoms with van der Waals surface area (Å²) >= 11 is 3.34. The number of hydrogen-bond donors (Lipinski definition) is 1. The molecule has 136 valence electrons. The highest BCUT2D eigenvalue weighted by atomic mass is 79.9. The molecule has 0 spiro atoms. The predicted molar refractivity (Wildman–Crippen MR) is 105 cm³/mol. The minimum atomic E-state index is -3.31. The predicted octanol–water partition coefficient (Wildman–Crippen LogP) is 4.29. The van der Waals surface area contributed by atoms with Crippen molar-refractivity contribution in [3.05, 3.63) is 64.1 Å². The molecular weight excluding hydrogens is 402 g/mol. The van der Waals surface area contributed by atoms with Crippen molar-refractivity contribution < 1.29 is 13.2 Å². The fourth-order valence-electron chi connectivity index (χ4n) is 2.38. The molecule has 2 aromatic rings. The first kappa shape index (κ1) is 19.9. The molecule has 4 nitrogen and oxygen atoms in total. The molecule has 0 saturated carbocycles. The molecule has 0 radical (unpaired) electrons. The van der Waals surface area contributed by atoms with Crippen molar-refractivity contribution in [1.29, 1.82) is 0 Å². The van der Waals surface area contributed by atoms with Crippen LogP contribution in [0.2, 0.25) is 0 Å². The van der Waals surface area contributed by atoms with E-state index in [2.05, 4.69) is 20.7 Å². The Morgan fingerprint density at radius 3 is 2.20 bits per heavy atom. The lowest BCUT2D eigenvalue weighted by atomic mass is 10.1. The Bertz CT molecular complexity index is 756. The van der Waals surface area contributed by atoms with E-state index in [9.17, 15) is 8.42 Å². The number of aryl methyl sites for hydroxylation is 1. The molecule has 0 aliphatic carbocycles. The van der Waals surface area contributed by atoms with E-state index in [0.717, 1.165) is 28.6 Å². The monoisotopic (exact) mass is 425 g/mol. The highest BCUT2D eigenvalue weighted by molar-refractivity contribution is 9.10. The van der Waals surface area contributed by atoms with E-state index in [1.165, 1.54) is 5.56 Å². The molecule has 2 rings (SSSR count). The van der Waals surface area contributed by atoms with Crippen LogP contribution in [-0.4, -0.2) is 21.1 Å². The van der Waals surface area contributed by atoms with Crippen molar-refractivity contribution in [1.82, 2.24) is 4.72 Å². The second-order valence-corrected chi connectivity index (χ2v) is 8.92.